The Kier molecular flexibility index (Phi) is 6.16. The molecule has 1 aliphatic heterocycles. The highest BCUT2D eigenvalue weighted by Gasteiger charge is 2.17. The van der Waals surface area contributed by atoms with Crippen molar-refractivity contribution in [2.24, 2.45) is 0 Å². The second kappa shape index (κ2) is 8.75. The molecule has 0 saturated carbocycles. The SMILES string of the molecule is Cc1c(C(=O)NCc2cccc(CN3CCOCC3)c2)cccc1[N+](=O)[O-]. The predicted octanol–water partition coefficient (Wildman–Crippen LogP) is 2.67. The van der Waals surface area contributed by atoms with Crippen molar-refractivity contribution in [3.63, 3.8) is 0 Å². The summed E-state index contributed by atoms with van der Waals surface area (Å²) in [5, 5.41) is 13.9. The summed E-state index contributed by atoms with van der Waals surface area (Å²) < 4.78 is 5.37. The van der Waals surface area contributed by atoms with Crippen molar-refractivity contribution in [3.8, 4) is 0 Å². The zero-order valence-corrected chi connectivity index (χ0v) is 15.3. The first-order valence-electron chi connectivity index (χ1n) is 8.94. The molecule has 1 amide bonds. The third-order valence-electron chi connectivity index (χ3n) is 4.70. The van der Waals surface area contributed by atoms with Crippen LogP contribution in [0.3, 0.4) is 0 Å². The van der Waals surface area contributed by atoms with Crippen LogP contribution in [-0.2, 0) is 17.8 Å². The van der Waals surface area contributed by atoms with Crippen molar-refractivity contribution >= 4 is 11.6 Å². The number of hydrogen-bond acceptors (Lipinski definition) is 5. The zero-order chi connectivity index (χ0) is 19.2. The maximum atomic E-state index is 12.5. The number of nitrogens with one attached hydrogen (secondary N) is 1. The van der Waals surface area contributed by atoms with Gasteiger partial charge in [0.15, 0.2) is 0 Å². The molecule has 1 aliphatic rings. The molecular weight excluding hydrogens is 346 g/mol. The van der Waals surface area contributed by atoms with Gasteiger partial charge in [0.05, 0.1) is 18.1 Å². The van der Waals surface area contributed by atoms with Gasteiger partial charge in [-0.1, -0.05) is 30.3 Å². The van der Waals surface area contributed by atoms with Crippen molar-refractivity contribution in [1.29, 1.82) is 0 Å². The van der Waals surface area contributed by atoms with Gasteiger partial charge in [0, 0.05) is 43.4 Å². The number of nitro groups is 1. The molecule has 0 spiro atoms. The summed E-state index contributed by atoms with van der Waals surface area (Å²) >= 11 is 0. The van der Waals surface area contributed by atoms with Crippen molar-refractivity contribution in [2.75, 3.05) is 26.3 Å². The van der Waals surface area contributed by atoms with E-state index in [2.05, 4.69) is 22.3 Å². The zero-order valence-electron chi connectivity index (χ0n) is 15.3. The summed E-state index contributed by atoms with van der Waals surface area (Å²) in [5.74, 6) is -0.310. The van der Waals surface area contributed by atoms with Crippen LogP contribution in [0.4, 0.5) is 5.69 Å². The number of rotatable bonds is 6. The Hall–Kier alpha value is -2.77. The van der Waals surface area contributed by atoms with E-state index >= 15 is 0 Å². The van der Waals surface area contributed by atoms with E-state index in [9.17, 15) is 14.9 Å². The summed E-state index contributed by atoms with van der Waals surface area (Å²) in [6.07, 6.45) is 0. The summed E-state index contributed by atoms with van der Waals surface area (Å²) in [7, 11) is 0. The number of morpholine rings is 1. The average Bonchev–Trinajstić information content (AvgIpc) is 2.67. The fourth-order valence-corrected chi connectivity index (χ4v) is 3.20. The molecule has 0 aromatic heterocycles. The Balaban J connectivity index is 1.63. The van der Waals surface area contributed by atoms with Crippen molar-refractivity contribution in [1.82, 2.24) is 10.2 Å². The van der Waals surface area contributed by atoms with Crippen molar-refractivity contribution < 1.29 is 14.5 Å². The van der Waals surface area contributed by atoms with Crippen LogP contribution in [-0.4, -0.2) is 42.0 Å². The predicted molar refractivity (Wildman–Crippen MR) is 102 cm³/mol. The number of nitro benzene ring substituents is 1. The summed E-state index contributed by atoms with van der Waals surface area (Å²) in [6, 6.07) is 12.6. The third-order valence-corrected chi connectivity index (χ3v) is 4.70. The molecule has 2 aromatic rings. The molecule has 0 aliphatic carbocycles. The van der Waals surface area contributed by atoms with Gasteiger partial charge in [0.2, 0.25) is 0 Å². The fourth-order valence-electron chi connectivity index (χ4n) is 3.20. The monoisotopic (exact) mass is 369 g/mol. The minimum absolute atomic E-state index is 0.0461. The Morgan fingerprint density at radius 1 is 1.19 bits per heavy atom. The summed E-state index contributed by atoms with van der Waals surface area (Å²) in [4.78, 5) is 25.4. The van der Waals surface area contributed by atoms with Gasteiger partial charge in [-0.15, -0.1) is 0 Å². The Labute approximate surface area is 158 Å². The second-order valence-corrected chi connectivity index (χ2v) is 6.60. The molecule has 1 heterocycles. The van der Waals surface area contributed by atoms with Gasteiger partial charge in [-0.05, 0) is 24.1 Å². The maximum Gasteiger partial charge on any atom is 0.273 e. The summed E-state index contributed by atoms with van der Waals surface area (Å²) in [6.45, 7) is 6.19. The molecular formula is C20H23N3O4. The Morgan fingerprint density at radius 2 is 1.89 bits per heavy atom. The number of amides is 1. The van der Waals surface area contributed by atoms with Gasteiger partial charge < -0.3 is 10.1 Å². The van der Waals surface area contributed by atoms with E-state index in [1.165, 1.54) is 17.7 Å². The lowest BCUT2D eigenvalue weighted by atomic mass is 10.1. The molecule has 1 saturated heterocycles. The smallest absolute Gasteiger partial charge is 0.273 e. The first-order chi connectivity index (χ1) is 13.0. The van der Waals surface area contributed by atoms with E-state index in [4.69, 9.17) is 4.74 Å². The quantitative estimate of drug-likeness (QED) is 0.625. The Morgan fingerprint density at radius 3 is 2.63 bits per heavy atom. The molecule has 7 nitrogen and oxygen atoms in total. The molecule has 0 atom stereocenters. The lowest BCUT2D eigenvalue weighted by Gasteiger charge is -2.26. The van der Waals surface area contributed by atoms with Crippen LogP contribution in [0.15, 0.2) is 42.5 Å². The molecule has 2 aromatic carbocycles. The number of benzene rings is 2. The minimum Gasteiger partial charge on any atom is -0.379 e. The molecule has 0 bridgehead atoms. The topological polar surface area (TPSA) is 84.7 Å². The van der Waals surface area contributed by atoms with Crippen LogP contribution in [0.2, 0.25) is 0 Å². The van der Waals surface area contributed by atoms with E-state index in [0.717, 1.165) is 38.4 Å². The molecule has 27 heavy (non-hydrogen) atoms. The normalized spacial score (nSPS) is 14.7. The Bertz CT molecular complexity index is 832. The second-order valence-electron chi connectivity index (χ2n) is 6.60. The first kappa shape index (κ1) is 19.0. The molecule has 7 heteroatoms. The highest BCUT2D eigenvalue weighted by Crippen LogP contribution is 2.21. The van der Waals surface area contributed by atoms with Crippen LogP contribution in [0.5, 0.6) is 0 Å². The lowest BCUT2D eigenvalue weighted by molar-refractivity contribution is -0.385. The van der Waals surface area contributed by atoms with E-state index in [1.807, 2.05) is 12.1 Å². The van der Waals surface area contributed by atoms with E-state index in [-0.39, 0.29) is 11.6 Å². The van der Waals surface area contributed by atoms with Crippen LogP contribution in [0.25, 0.3) is 0 Å². The molecule has 0 radical (unpaired) electrons. The number of carbonyl (C=O) groups is 1. The van der Waals surface area contributed by atoms with Gasteiger partial charge >= 0.3 is 0 Å². The standard InChI is InChI=1S/C20H23N3O4/c1-15-18(6-3-7-19(15)23(25)26)20(24)21-13-16-4-2-5-17(12-16)14-22-8-10-27-11-9-22/h2-7,12H,8-11,13-14H2,1H3,(H,21,24). The van der Waals surface area contributed by atoms with E-state index in [1.54, 1.807) is 13.0 Å². The van der Waals surface area contributed by atoms with Crippen LogP contribution in [0.1, 0.15) is 27.0 Å². The van der Waals surface area contributed by atoms with Gasteiger partial charge in [0.1, 0.15) is 0 Å². The first-order valence-corrected chi connectivity index (χ1v) is 8.94. The van der Waals surface area contributed by atoms with Gasteiger partial charge in [0.25, 0.3) is 11.6 Å². The molecule has 1 fully saturated rings. The van der Waals surface area contributed by atoms with E-state index < -0.39 is 4.92 Å². The van der Waals surface area contributed by atoms with Crippen LogP contribution in [0, 0.1) is 17.0 Å². The number of carbonyl (C=O) groups excluding carboxylic acids is 1. The number of nitrogens with zero attached hydrogens (tertiary/aromatic N) is 2. The van der Waals surface area contributed by atoms with Gasteiger partial charge in [-0.2, -0.15) is 0 Å². The highest BCUT2D eigenvalue weighted by atomic mass is 16.6. The van der Waals surface area contributed by atoms with Crippen molar-refractivity contribution in [3.05, 3.63) is 74.8 Å². The maximum absolute atomic E-state index is 12.5. The average molecular weight is 369 g/mol. The van der Waals surface area contributed by atoms with Crippen LogP contribution < -0.4 is 5.32 Å². The van der Waals surface area contributed by atoms with Crippen molar-refractivity contribution in [2.45, 2.75) is 20.0 Å². The fraction of sp³-hybridized carbons (Fsp3) is 0.350. The largest absolute Gasteiger partial charge is 0.379 e. The van der Waals surface area contributed by atoms with Gasteiger partial charge in [-0.25, -0.2) is 0 Å². The van der Waals surface area contributed by atoms with Crippen LogP contribution >= 0.6 is 0 Å². The molecule has 1 N–H and O–H groups in total. The molecule has 142 valence electrons. The van der Waals surface area contributed by atoms with E-state index in [0.29, 0.717) is 17.7 Å². The number of ether oxygens (including phenoxy) is 1. The lowest BCUT2D eigenvalue weighted by Crippen LogP contribution is -2.35. The highest BCUT2D eigenvalue weighted by molar-refractivity contribution is 5.96. The van der Waals surface area contributed by atoms with Gasteiger partial charge in [-0.3, -0.25) is 19.8 Å². The third kappa shape index (κ3) is 4.90. The molecule has 0 unspecified atom stereocenters. The minimum atomic E-state index is -0.471. The molecule has 3 rings (SSSR count). The number of hydrogen-bond donors (Lipinski definition) is 1. The summed E-state index contributed by atoms with van der Waals surface area (Å²) in [5.41, 5.74) is 2.84.